The molecule has 3 aliphatic carbocycles. The van der Waals surface area contributed by atoms with Crippen molar-refractivity contribution in [3.63, 3.8) is 0 Å². The lowest BCUT2D eigenvalue weighted by Crippen LogP contribution is -2.46. The molecule has 3 aromatic rings. The maximum atomic E-state index is 13.3. The number of carbonyl (C=O) groups excluding carboxylic acids is 1. The van der Waals surface area contributed by atoms with Gasteiger partial charge in [-0.15, -0.1) is 0 Å². The average Bonchev–Trinajstić information content (AvgIpc) is 3.39. The van der Waals surface area contributed by atoms with Crippen molar-refractivity contribution < 1.29 is 22.7 Å². The number of benzene rings is 3. The number of hydrogen-bond donors (Lipinski definition) is 1. The molecule has 3 aromatic carbocycles. The largest absolute Gasteiger partial charge is 0.494 e. The number of Topliss-reactive ketones (excluding diaryl/α,β-unsaturated/α-hetero) is 1. The van der Waals surface area contributed by atoms with E-state index in [0.29, 0.717) is 56.1 Å². The first kappa shape index (κ1) is 33.7. The zero-order chi connectivity index (χ0) is 32.9. The molecule has 5 atom stereocenters. The van der Waals surface area contributed by atoms with Crippen LogP contribution in [0.4, 0.5) is 0 Å². The van der Waals surface area contributed by atoms with Crippen LogP contribution in [0.25, 0.3) is 0 Å². The summed E-state index contributed by atoms with van der Waals surface area (Å²) in [6.45, 7) is 5.94. The molecule has 7 heteroatoms. The zero-order valence-corrected chi connectivity index (χ0v) is 28.9. The van der Waals surface area contributed by atoms with Gasteiger partial charge >= 0.3 is 0 Å². The number of carbonyl (C=O) groups is 1. The Hall–Kier alpha value is -3.16. The number of unbranched alkanes of at least 4 members (excludes halogenated alkanes) is 3. The minimum absolute atomic E-state index is 0.169. The van der Waals surface area contributed by atoms with Gasteiger partial charge in [0, 0.05) is 18.4 Å². The summed E-state index contributed by atoms with van der Waals surface area (Å²) in [4.78, 5) is 13.3. The molecule has 6 nitrogen and oxygen atoms in total. The van der Waals surface area contributed by atoms with Crippen LogP contribution in [-0.4, -0.2) is 33.1 Å². The number of ketones is 1. The van der Waals surface area contributed by atoms with Crippen LogP contribution in [0.15, 0.2) is 72.8 Å². The third-order valence-corrected chi connectivity index (χ3v) is 12.6. The van der Waals surface area contributed by atoms with E-state index in [1.54, 1.807) is 0 Å². The van der Waals surface area contributed by atoms with Crippen LogP contribution in [0.2, 0.25) is 0 Å². The second-order valence-electron chi connectivity index (χ2n) is 14.2. The third kappa shape index (κ3) is 7.78. The minimum Gasteiger partial charge on any atom is -0.494 e. The Kier molecular flexibility index (Phi) is 10.7. The summed E-state index contributed by atoms with van der Waals surface area (Å²) in [5, 5.41) is 0. The van der Waals surface area contributed by atoms with E-state index in [4.69, 9.17) is 9.47 Å². The molecule has 47 heavy (non-hydrogen) atoms. The van der Waals surface area contributed by atoms with Crippen LogP contribution in [0.5, 0.6) is 11.5 Å². The highest BCUT2D eigenvalue weighted by Crippen LogP contribution is 2.64. The smallest absolute Gasteiger partial charge is 0.211 e. The van der Waals surface area contributed by atoms with Gasteiger partial charge in [-0.25, -0.2) is 13.1 Å². The number of fused-ring (bicyclic) bond motifs is 5. The van der Waals surface area contributed by atoms with E-state index in [-0.39, 0.29) is 17.1 Å². The van der Waals surface area contributed by atoms with Gasteiger partial charge in [0.15, 0.2) is 0 Å². The molecular weight excluding hydrogens is 607 g/mol. The molecule has 2 fully saturated rings. The summed E-state index contributed by atoms with van der Waals surface area (Å²) in [6, 6.07) is 25.6. The lowest BCUT2D eigenvalue weighted by molar-refractivity contribution is -0.130. The second kappa shape index (κ2) is 14.9. The topological polar surface area (TPSA) is 81.7 Å². The predicted molar refractivity (Wildman–Crippen MR) is 187 cm³/mol. The highest BCUT2D eigenvalue weighted by Gasteiger charge is 2.57. The molecule has 252 valence electrons. The van der Waals surface area contributed by atoms with Gasteiger partial charge in [0.2, 0.25) is 10.0 Å². The van der Waals surface area contributed by atoms with Crippen LogP contribution in [-0.2, 0) is 27.8 Å². The summed E-state index contributed by atoms with van der Waals surface area (Å²) in [5.74, 6) is 3.96. The van der Waals surface area contributed by atoms with Gasteiger partial charge in [-0.05, 0) is 122 Å². The Balaban J connectivity index is 1.11. The average molecular weight is 658 g/mol. The molecular formula is C40H51NO5S. The maximum absolute atomic E-state index is 13.3. The quantitative estimate of drug-likeness (QED) is 0.166. The Morgan fingerprint density at radius 1 is 0.872 bits per heavy atom. The first-order valence-corrected chi connectivity index (χ1v) is 19.5. The summed E-state index contributed by atoms with van der Waals surface area (Å²) in [5.41, 5.74) is 5.01. The van der Waals surface area contributed by atoms with Crippen LogP contribution in [0.3, 0.4) is 0 Å². The SMILES string of the molecule is CCCCNS(=O)(=O)CCCCCOc1ccc([C@H]2C[C@]3(C)C(=O)CC[C@H]3[C@@H]3CCc4cc(OCc5ccccc5)ccc4[C@H]32)cc1. The number of rotatable bonds is 15. The number of aryl methyl sites for hydroxylation is 1. The maximum Gasteiger partial charge on any atom is 0.211 e. The zero-order valence-electron chi connectivity index (χ0n) is 28.1. The monoisotopic (exact) mass is 657 g/mol. The van der Waals surface area contributed by atoms with Gasteiger partial charge in [0.25, 0.3) is 0 Å². The van der Waals surface area contributed by atoms with E-state index in [1.165, 1.54) is 16.7 Å². The van der Waals surface area contributed by atoms with Crippen molar-refractivity contribution in [2.45, 2.75) is 96.5 Å². The van der Waals surface area contributed by atoms with Crippen LogP contribution in [0, 0.1) is 17.3 Å². The Bertz CT molecular complexity index is 1610. The van der Waals surface area contributed by atoms with Gasteiger partial charge in [-0.2, -0.15) is 0 Å². The molecule has 2 saturated carbocycles. The van der Waals surface area contributed by atoms with E-state index in [9.17, 15) is 13.2 Å². The van der Waals surface area contributed by atoms with Gasteiger partial charge in [-0.1, -0.05) is 68.8 Å². The molecule has 1 N–H and O–H groups in total. The van der Waals surface area contributed by atoms with Crippen molar-refractivity contribution in [3.05, 3.63) is 95.1 Å². The standard InChI is InChI=1S/C40H51NO5S/c1-3-4-23-41-47(43,44)25-10-6-9-24-45-32-16-13-30(14-17-32)36-27-40(2)37(21-22-38(40)42)35-19-15-31-26-33(18-20-34(31)39(35)36)46-28-29-11-7-5-8-12-29/h5,7-8,11-14,16-18,20,26,35-37,39,41H,3-4,6,9-10,15,19,21-25,27-28H2,1-2H3/t35-,36+,37-,39+,40-/m0/s1. The first-order valence-electron chi connectivity index (χ1n) is 17.8. The van der Waals surface area contributed by atoms with Gasteiger partial charge in [-0.3, -0.25) is 4.79 Å². The van der Waals surface area contributed by atoms with Gasteiger partial charge in [0.05, 0.1) is 12.4 Å². The van der Waals surface area contributed by atoms with Gasteiger partial charge in [0.1, 0.15) is 23.9 Å². The van der Waals surface area contributed by atoms with E-state index in [1.807, 2.05) is 18.2 Å². The molecule has 0 aliphatic heterocycles. The van der Waals surface area contributed by atoms with Crippen LogP contribution in [0.1, 0.15) is 106 Å². The van der Waals surface area contributed by atoms with Crippen LogP contribution >= 0.6 is 0 Å². The van der Waals surface area contributed by atoms with E-state index in [2.05, 4.69) is 73.2 Å². The fourth-order valence-electron chi connectivity index (χ4n) is 8.66. The molecule has 3 aliphatic rings. The predicted octanol–water partition coefficient (Wildman–Crippen LogP) is 8.35. The fourth-order valence-corrected chi connectivity index (χ4v) is 9.84. The normalized spacial score (nSPS) is 25.1. The van der Waals surface area contributed by atoms with E-state index < -0.39 is 10.0 Å². The fraction of sp³-hybridized carbons (Fsp3) is 0.525. The first-order chi connectivity index (χ1) is 22.8. The number of hydrogen-bond acceptors (Lipinski definition) is 5. The molecule has 0 saturated heterocycles. The van der Waals surface area contributed by atoms with Crippen molar-refractivity contribution in [3.8, 4) is 11.5 Å². The van der Waals surface area contributed by atoms with Crippen molar-refractivity contribution in [1.82, 2.24) is 4.72 Å². The summed E-state index contributed by atoms with van der Waals surface area (Å²) in [6.07, 6.45) is 8.86. The Morgan fingerprint density at radius 3 is 2.45 bits per heavy atom. The third-order valence-electron chi connectivity index (χ3n) is 11.1. The highest BCUT2D eigenvalue weighted by molar-refractivity contribution is 7.89. The second-order valence-corrected chi connectivity index (χ2v) is 16.1. The number of nitrogens with one attached hydrogen (secondary N) is 1. The van der Waals surface area contributed by atoms with Crippen LogP contribution < -0.4 is 14.2 Å². The highest BCUT2D eigenvalue weighted by atomic mass is 32.2. The van der Waals surface area contributed by atoms with Crippen molar-refractivity contribution in [2.75, 3.05) is 18.9 Å². The molecule has 6 rings (SSSR count). The summed E-state index contributed by atoms with van der Waals surface area (Å²) in [7, 11) is -3.18. The molecule has 0 aromatic heterocycles. The minimum atomic E-state index is -3.18. The lowest BCUT2D eigenvalue weighted by Gasteiger charge is -2.52. The van der Waals surface area contributed by atoms with Crippen molar-refractivity contribution in [2.24, 2.45) is 17.3 Å². The molecule has 0 amide bonds. The number of sulfonamides is 1. The molecule has 0 unspecified atom stereocenters. The molecule has 0 spiro atoms. The van der Waals surface area contributed by atoms with Crippen molar-refractivity contribution in [1.29, 1.82) is 0 Å². The summed E-state index contributed by atoms with van der Waals surface area (Å²) >= 11 is 0. The Labute approximate surface area is 281 Å². The Morgan fingerprint density at radius 2 is 1.66 bits per heavy atom. The lowest BCUT2D eigenvalue weighted by atomic mass is 9.51. The molecule has 0 radical (unpaired) electrons. The van der Waals surface area contributed by atoms with E-state index >= 15 is 0 Å². The summed E-state index contributed by atoms with van der Waals surface area (Å²) < 4.78 is 39.2. The molecule has 0 bridgehead atoms. The van der Waals surface area contributed by atoms with E-state index in [0.717, 1.165) is 68.4 Å². The van der Waals surface area contributed by atoms with Gasteiger partial charge < -0.3 is 9.47 Å². The number of ether oxygens (including phenoxy) is 2. The molecule has 0 heterocycles. The van der Waals surface area contributed by atoms with Crippen molar-refractivity contribution >= 4 is 15.8 Å².